The summed E-state index contributed by atoms with van der Waals surface area (Å²) >= 11 is 12.7. The van der Waals surface area contributed by atoms with E-state index >= 15 is 0 Å². The molecule has 0 unspecified atom stereocenters. The van der Waals surface area contributed by atoms with Crippen LogP contribution in [0.1, 0.15) is 41.4 Å². The fourth-order valence-electron chi connectivity index (χ4n) is 5.54. The number of benzene rings is 4. The monoisotopic (exact) mass is 499 g/mol. The highest BCUT2D eigenvalue weighted by molar-refractivity contribution is 6.42. The molecule has 0 fully saturated rings. The van der Waals surface area contributed by atoms with Gasteiger partial charge in [-0.15, -0.1) is 0 Å². The lowest BCUT2D eigenvalue weighted by molar-refractivity contribution is -0.116. The number of fused-ring (bicyclic) bond motifs is 3. The summed E-state index contributed by atoms with van der Waals surface area (Å²) in [6.07, 6.45) is 1.22. The van der Waals surface area contributed by atoms with Crippen molar-refractivity contribution >= 4 is 45.4 Å². The van der Waals surface area contributed by atoms with Crippen LogP contribution in [0.25, 0.3) is 10.8 Å². The van der Waals surface area contributed by atoms with E-state index in [1.165, 1.54) is 0 Å². The van der Waals surface area contributed by atoms with Crippen LogP contribution in [-0.2, 0) is 4.79 Å². The number of hydrogen-bond acceptors (Lipinski definition) is 3. The third kappa shape index (κ3) is 3.80. The Kier molecular flexibility index (Phi) is 5.55. The van der Waals surface area contributed by atoms with E-state index in [1.54, 1.807) is 7.11 Å². The molecule has 0 amide bonds. The van der Waals surface area contributed by atoms with Crippen molar-refractivity contribution in [3.8, 4) is 5.75 Å². The Balaban J connectivity index is 1.52. The van der Waals surface area contributed by atoms with E-state index in [4.69, 9.17) is 27.9 Å². The first-order valence-corrected chi connectivity index (χ1v) is 12.4. The van der Waals surface area contributed by atoms with Gasteiger partial charge in [-0.05, 0) is 70.1 Å². The standard InChI is InChI=1S/C30H23Cl2NO2/c1-35-21-10-6-17(7-11-21)20-15-26-30(27(34)16-20)28(19-8-12-23(31)24(32)14-19)29-22-5-3-2-4-18(22)9-13-25(29)33-26/h2-14,20,28,33H,15-16H2,1H3/t20-,28-/m0/s1. The van der Waals surface area contributed by atoms with Crippen molar-refractivity contribution in [1.29, 1.82) is 0 Å². The molecule has 2 aliphatic rings. The predicted molar refractivity (Wildman–Crippen MR) is 143 cm³/mol. The molecule has 1 heterocycles. The van der Waals surface area contributed by atoms with Gasteiger partial charge in [0.15, 0.2) is 5.78 Å². The highest BCUT2D eigenvalue weighted by atomic mass is 35.5. The Morgan fingerprint density at radius 3 is 2.40 bits per heavy atom. The summed E-state index contributed by atoms with van der Waals surface area (Å²) in [5.74, 6) is 0.865. The molecule has 2 atom stereocenters. The number of halogens is 2. The molecule has 1 aliphatic carbocycles. The number of allylic oxidation sites excluding steroid dienone is 2. The van der Waals surface area contributed by atoms with E-state index in [2.05, 4.69) is 41.7 Å². The molecule has 1 aliphatic heterocycles. The lowest BCUT2D eigenvalue weighted by Crippen LogP contribution is -2.30. The van der Waals surface area contributed by atoms with Crippen LogP contribution in [0.2, 0.25) is 10.0 Å². The Morgan fingerprint density at radius 1 is 0.857 bits per heavy atom. The minimum absolute atomic E-state index is 0.108. The molecule has 1 N–H and O–H groups in total. The van der Waals surface area contributed by atoms with Crippen molar-refractivity contribution in [1.82, 2.24) is 0 Å². The Morgan fingerprint density at radius 2 is 1.63 bits per heavy atom. The maximum absolute atomic E-state index is 13.8. The average molecular weight is 500 g/mol. The van der Waals surface area contributed by atoms with Gasteiger partial charge in [0.2, 0.25) is 0 Å². The van der Waals surface area contributed by atoms with Crippen LogP contribution in [-0.4, -0.2) is 12.9 Å². The smallest absolute Gasteiger partial charge is 0.162 e. The zero-order valence-corrected chi connectivity index (χ0v) is 20.7. The molecule has 35 heavy (non-hydrogen) atoms. The first-order chi connectivity index (χ1) is 17.0. The van der Waals surface area contributed by atoms with Crippen LogP contribution >= 0.6 is 23.2 Å². The number of ether oxygens (including phenoxy) is 1. The minimum Gasteiger partial charge on any atom is -0.497 e. The predicted octanol–water partition coefficient (Wildman–Crippen LogP) is 8.11. The largest absolute Gasteiger partial charge is 0.497 e. The first kappa shape index (κ1) is 22.2. The van der Waals surface area contributed by atoms with Crippen molar-refractivity contribution in [2.24, 2.45) is 0 Å². The summed E-state index contributed by atoms with van der Waals surface area (Å²) in [5.41, 5.74) is 6.07. The van der Waals surface area contributed by atoms with Crippen molar-refractivity contribution in [2.45, 2.75) is 24.7 Å². The Labute approximate surface area is 214 Å². The second kappa shape index (κ2) is 8.75. The number of Topliss-reactive ketones (excluding diaryl/α,β-unsaturated/α-hetero) is 1. The van der Waals surface area contributed by atoms with Gasteiger partial charge in [0.1, 0.15) is 5.75 Å². The van der Waals surface area contributed by atoms with Gasteiger partial charge in [0, 0.05) is 29.3 Å². The zero-order valence-electron chi connectivity index (χ0n) is 19.1. The average Bonchev–Trinajstić information content (AvgIpc) is 2.89. The van der Waals surface area contributed by atoms with Gasteiger partial charge < -0.3 is 10.1 Å². The number of nitrogens with one attached hydrogen (secondary N) is 1. The van der Waals surface area contributed by atoms with Gasteiger partial charge in [0.25, 0.3) is 0 Å². The van der Waals surface area contributed by atoms with Crippen molar-refractivity contribution in [2.75, 3.05) is 12.4 Å². The Hall–Kier alpha value is -3.27. The van der Waals surface area contributed by atoms with E-state index in [0.717, 1.165) is 56.6 Å². The second-order valence-corrected chi connectivity index (χ2v) is 9.99. The van der Waals surface area contributed by atoms with E-state index < -0.39 is 0 Å². The van der Waals surface area contributed by atoms with Crippen molar-refractivity contribution < 1.29 is 9.53 Å². The number of anilines is 1. The first-order valence-electron chi connectivity index (χ1n) is 11.7. The summed E-state index contributed by atoms with van der Waals surface area (Å²) in [7, 11) is 1.66. The van der Waals surface area contributed by atoms with Crippen LogP contribution in [0.4, 0.5) is 5.69 Å². The molecule has 0 saturated carbocycles. The van der Waals surface area contributed by atoms with Crippen LogP contribution < -0.4 is 10.1 Å². The lowest BCUT2D eigenvalue weighted by atomic mass is 9.71. The molecule has 174 valence electrons. The summed E-state index contributed by atoms with van der Waals surface area (Å²) < 4.78 is 5.31. The van der Waals surface area contributed by atoms with E-state index in [1.807, 2.05) is 42.5 Å². The molecule has 4 aromatic carbocycles. The number of ketones is 1. The van der Waals surface area contributed by atoms with Gasteiger partial charge in [-0.3, -0.25) is 4.79 Å². The summed E-state index contributed by atoms with van der Waals surface area (Å²) in [5, 5.41) is 6.91. The van der Waals surface area contributed by atoms with Crippen molar-refractivity contribution in [3.63, 3.8) is 0 Å². The molecule has 0 aromatic heterocycles. The minimum atomic E-state index is -0.216. The highest BCUT2D eigenvalue weighted by Crippen LogP contribution is 2.50. The molecular weight excluding hydrogens is 477 g/mol. The number of carbonyl (C=O) groups excluding carboxylic acids is 1. The number of hydrogen-bond donors (Lipinski definition) is 1. The molecular formula is C30H23Cl2NO2. The third-order valence-electron chi connectivity index (χ3n) is 7.21. The molecule has 0 spiro atoms. The normalized spacial score (nSPS) is 19.2. The topological polar surface area (TPSA) is 38.3 Å². The fourth-order valence-corrected chi connectivity index (χ4v) is 5.85. The van der Waals surface area contributed by atoms with Crippen LogP contribution in [0.5, 0.6) is 5.75 Å². The quantitative estimate of drug-likeness (QED) is 0.309. The highest BCUT2D eigenvalue weighted by Gasteiger charge is 2.39. The van der Waals surface area contributed by atoms with E-state index in [-0.39, 0.29) is 17.6 Å². The third-order valence-corrected chi connectivity index (χ3v) is 7.94. The molecule has 6 rings (SSSR count). The molecule has 3 nitrogen and oxygen atoms in total. The van der Waals surface area contributed by atoms with Gasteiger partial charge in [-0.1, -0.05) is 71.7 Å². The van der Waals surface area contributed by atoms with Crippen molar-refractivity contribution in [3.05, 3.63) is 117 Å². The molecule has 5 heteroatoms. The molecule has 0 bridgehead atoms. The van der Waals surface area contributed by atoms with Gasteiger partial charge in [0.05, 0.1) is 17.2 Å². The SMILES string of the molecule is COc1ccc([C@@H]2CC(=O)C3=C(C2)Nc2ccc4ccccc4c2[C@@H]3c2ccc(Cl)c(Cl)c2)cc1. The molecule has 0 saturated heterocycles. The Bertz CT molecular complexity index is 1510. The van der Waals surface area contributed by atoms with Gasteiger partial charge in [-0.25, -0.2) is 0 Å². The number of methoxy groups -OCH3 is 1. The fraction of sp³-hybridized carbons (Fsp3) is 0.167. The maximum Gasteiger partial charge on any atom is 0.162 e. The van der Waals surface area contributed by atoms with E-state index in [9.17, 15) is 4.79 Å². The second-order valence-electron chi connectivity index (χ2n) is 9.17. The van der Waals surface area contributed by atoms with Crippen LogP contribution in [0, 0.1) is 0 Å². The summed E-state index contributed by atoms with van der Waals surface area (Å²) in [4.78, 5) is 13.8. The maximum atomic E-state index is 13.8. The van der Waals surface area contributed by atoms with Crippen LogP contribution in [0.15, 0.2) is 90.1 Å². The molecule has 0 radical (unpaired) electrons. The lowest BCUT2D eigenvalue weighted by Gasteiger charge is -2.37. The summed E-state index contributed by atoms with van der Waals surface area (Å²) in [6.45, 7) is 0. The van der Waals surface area contributed by atoms with E-state index in [0.29, 0.717) is 16.5 Å². The summed E-state index contributed by atoms with van der Waals surface area (Å²) in [6, 6.07) is 26.3. The number of rotatable bonds is 3. The van der Waals surface area contributed by atoms with Crippen LogP contribution in [0.3, 0.4) is 0 Å². The zero-order chi connectivity index (χ0) is 24.1. The number of carbonyl (C=O) groups is 1. The van der Waals surface area contributed by atoms with Gasteiger partial charge >= 0.3 is 0 Å². The molecule has 4 aromatic rings. The van der Waals surface area contributed by atoms with Gasteiger partial charge in [-0.2, -0.15) is 0 Å².